The third-order valence-corrected chi connectivity index (χ3v) is 7.47. The SMILES string of the molecule is CCOc1ccc(Cl)cc1C(=O)CCC(C)(C)CC(=O)Nc1c(C[C@@H](C)N(C)C)n(C)n(-c2ccccc2)c1=O. The van der Waals surface area contributed by atoms with Crippen molar-refractivity contribution < 1.29 is 14.3 Å². The standard InChI is InChI=1S/C31H41ClN4O4/c1-8-40-27-15-14-22(32)19-24(27)26(37)16-17-31(3,4)20-28(38)33-29-25(18-21(2)34(5)6)35(7)36(30(29)39)23-12-10-9-11-13-23/h9-15,19,21H,8,16-18,20H2,1-7H3,(H,33,38)/t21-/m1/s1. The molecule has 0 aliphatic carbocycles. The van der Waals surface area contributed by atoms with Crippen molar-refractivity contribution in [2.45, 2.75) is 59.4 Å². The van der Waals surface area contributed by atoms with E-state index in [0.29, 0.717) is 35.8 Å². The van der Waals surface area contributed by atoms with E-state index < -0.39 is 5.41 Å². The molecule has 0 saturated carbocycles. The van der Waals surface area contributed by atoms with Gasteiger partial charge in [0.1, 0.15) is 11.4 Å². The molecule has 1 N–H and O–H groups in total. The second kappa shape index (κ2) is 13.3. The van der Waals surface area contributed by atoms with Gasteiger partial charge < -0.3 is 15.0 Å². The number of aromatic nitrogens is 2. The molecule has 9 heteroatoms. The summed E-state index contributed by atoms with van der Waals surface area (Å²) in [5.41, 5.74) is 1.44. The van der Waals surface area contributed by atoms with Gasteiger partial charge in [-0.25, -0.2) is 4.68 Å². The smallest absolute Gasteiger partial charge is 0.295 e. The molecule has 3 aromatic rings. The fourth-order valence-corrected chi connectivity index (χ4v) is 4.80. The maximum absolute atomic E-state index is 13.6. The molecule has 0 unspecified atom stereocenters. The zero-order chi connectivity index (χ0) is 29.6. The molecule has 0 spiro atoms. The van der Waals surface area contributed by atoms with Crippen LogP contribution in [0.15, 0.2) is 53.3 Å². The van der Waals surface area contributed by atoms with Crippen molar-refractivity contribution in [2.75, 3.05) is 26.0 Å². The third kappa shape index (κ3) is 7.64. The van der Waals surface area contributed by atoms with E-state index in [0.717, 1.165) is 11.4 Å². The first-order valence-electron chi connectivity index (χ1n) is 13.6. The summed E-state index contributed by atoms with van der Waals surface area (Å²) in [5.74, 6) is 0.149. The van der Waals surface area contributed by atoms with Crippen LogP contribution in [0.4, 0.5) is 5.69 Å². The molecule has 1 amide bonds. The van der Waals surface area contributed by atoms with Crippen LogP contribution < -0.4 is 15.6 Å². The summed E-state index contributed by atoms with van der Waals surface area (Å²) in [6.45, 7) is 8.27. The lowest BCUT2D eigenvalue weighted by Crippen LogP contribution is -2.29. The Morgan fingerprint density at radius 1 is 1.12 bits per heavy atom. The lowest BCUT2D eigenvalue weighted by atomic mass is 9.82. The second-order valence-electron chi connectivity index (χ2n) is 11.2. The number of ether oxygens (including phenoxy) is 1. The highest BCUT2D eigenvalue weighted by atomic mass is 35.5. The molecule has 40 heavy (non-hydrogen) atoms. The van der Waals surface area contributed by atoms with Crippen molar-refractivity contribution in [1.29, 1.82) is 0 Å². The van der Waals surface area contributed by atoms with Gasteiger partial charge in [0.15, 0.2) is 5.78 Å². The van der Waals surface area contributed by atoms with Gasteiger partial charge in [0.2, 0.25) is 5.91 Å². The fraction of sp³-hybridized carbons (Fsp3) is 0.452. The molecule has 0 saturated heterocycles. The zero-order valence-electron chi connectivity index (χ0n) is 24.6. The molecule has 216 valence electrons. The number of halogens is 1. The molecule has 1 atom stereocenters. The number of ketones is 1. The van der Waals surface area contributed by atoms with Crippen molar-refractivity contribution in [1.82, 2.24) is 14.3 Å². The predicted octanol–water partition coefficient (Wildman–Crippen LogP) is 5.74. The largest absolute Gasteiger partial charge is 0.493 e. The van der Waals surface area contributed by atoms with Gasteiger partial charge in [-0.15, -0.1) is 0 Å². The van der Waals surface area contributed by atoms with Gasteiger partial charge in [0.25, 0.3) is 5.56 Å². The minimum atomic E-state index is -0.492. The number of Topliss-reactive ketones (excluding diaryl/α,β-unsaturated/α-hetero) is 1. The highest BCUT2D eigenvalue weighted by Crippen LogP contribution is 2.31. The van der Waals surface area contributed by atoms with Crippen molar-refractivity contribution in [3.8, 4) is 11.4 Å². The van der Waals surface area contributed by atoms with Crippen molar-refractivity contribution in [3.63, 3.8) is 0 Å². The van der Waals surface area contributed by atoms with Crippen LogP contribution in [0.5, 0.6) is 5.75 Å². The molecule has 0 fully saturated rings. The number of para-hydroxylation sites is 1. The molecule has 8 nitrogen and oxygen atoms in total. The van der Waals surface area contributed by atoms with E-state index in [1.165, 1.54) is 0 Å². The molecule has 0 aliphatic rings. The normalized spacial score (nSPS) is 12.4. The third-order valence-electron chi connectivity index (χ3n) is 7.23. The van der Waals surface area contributed by atoms with Gasteiger partial charge in [0, 0.05) is 37.4 Å². The maximum Gasteiger partial charge on any atom is 0.295 e. The fourth-order valence-electron chi connectivity index (χ4n) is 4.62. The van der Waals surface area contributed by atoms with Crippen molar-refractivity contribution in [3.05, 3.63) is 75.2 Å². The monoisotopic (exact) mass is 568 g/mol. The number of nitrogens with one attached hydrogen (secondary N) is 1. The minimum absolute atomic E-state index is 0.0896. The number of carbonyl (C=O) groups is 2. The second-order valence-corrected chi connectivity index (χ2v) is 11.6. The molecule has 1 heterocycles. The predicted molar refractivity (Wildman–Crippen MR) is 161 cm³/mol. The van der Waals surface area contributed by atoms with Gasteiger partial charge >= 0.3 is 0 Å². The van der Waals surface area contributed by atoms with Crippen LogP contribution >= 0.6 is 11.6 Å². The summed E-state index contributed by atoms with van der Waals surface area (Å²) in [4.78, 5) is 42.0. The van der Waals surface area contributed by atoms with Gasteiger partial charge in [-0.2, -0.15) is 0 Å². The van der Waals surface area contributed by atoms with Crippen LogP contribution in [0, 0.1) is 5.41 Å². The lowest BCUT2D eigenvalue weighted by molar-refractivity contribution is -0.118. The summed E-state index contributed by atoms with van der Waals surface area (Å²) in [6.07, 6.45) is 1.44. The van der Waals surface area contributed by atoms with E-state index in [2.05, 4.69) is 17.1 Å². The molecular weight excluding hydrogens is 528 g/mol. The number of carbonyl (C=O) groups excluding carboxylic acids is 2. The van der Waals surface area contributed by atoms with Crippen LogP contribution in [-0.4, -0.2) is 52.7 Å². The van der Waals surface area contributed by atoms with Crippen molar-refractivity contribution >= 4 is 29.0 Å². The molecule has 3 rings (SSSR count). The molecular formula is C31H41ClN4O4. The Morgan fingerprint density at radius 2 is 1.80 bits per heavy atom. The van der Waals surface area contributed by atoms with E-state index in [1.807, 2.05) is 76.9 Å². The number of rotatable bonds is 13. The summed E-state index contributed by atoms with van der Waals surface area (Å²) >= 11 is 6.13. The number of amides is 1. The molecule has 0 bridgehead atoms. The van der Waals surface area contributed by atoms with Gasteiger partial charge in [-0.05, 0) is 70.1 Å². The summed E-state index contributed by atoms with van der Waals surface area (Å²) in [5, 5.41) is 3.40. The van der Waals surface area contributed by atoms with Crippen LogP contribution in [0.2, 0.25) is 5.02 Å². The topological polar surface area (TPSA) is 85.6 Å². The Kier molecular flexibility index (Phi) is 10.4. The first-order valence-corrected chi connectivity index (χ1v) is 14.0. The van der Waals surface area contributed by atoms with Crippen LogP contribution in [-0.2, 0) is 18.3 Å². The van der Waals surface area contributed by atoms with Crippen LogP contribution in [0.3, 0.4) is 0 Å². The first-order chi connectivity index (χ1) is 18.8. The zero-order valence-corrected chi connectivity index (χ0v) is 25.3. The lowest BCUT2D eigenvalue weighted by Gasteiger charge is -2.24. The van der Waals surface area contributed by atoms with E-state index in [1.54, 1.807) is 22.9 Å². The van der Waals surface area contributed by atoms with E-state index in [4.69, 9.17) is 16.3 Å². The number of anilines is 1. The number of benzene rings is 2. The maximum atomic E-state index is 13.6. The van der Waals surface area contributed by atoms with Gasteiger partial charge in [-0.3, -0.25) is 19.1 Å². The molecule has 1 aromatic heterocycles. The van der Waals surface area contributed by atoms with Crippen LogP contribution in [0.1, 0.15) is 63.0 Å². The molecule has 0 aliphatic heterocycles. The Labute approximate surface area is 241 Å². The van der Waals surface area contributed by atoms with Crippen molar-refractivity contribution in [2.24, 2.45) is 12.5 Å². The summed E-state index contributed by atoms with van der Waals surface area (Å²) < 4.78 is 9.00. The summed E-state index contributed by atoms with van der Waals surface area (Å²) in [6, 6.07) is 14.5. The Hall–Kier alpha value is -3.36. The number of hydrogen-bond acceptors (Lipinski definition) is 5. The highest BCUT2D eigenvalue weighted by molar-refractivity contribution is 6.31. The van der Waals surface area contributed by atoms with E-state index in [-0.39, 0.29) is 41.8 Å². The average molecular weight is 569 g/mol. The first kappa shape index (κ1) is 31.2. The minimum Gasteiger partial charge on any atom is -0.493 e. The molecule has 0 radical (unpaired) electrons. The quantitative estimate of drug-likeness (QED) is 0.266. The highest BCUT2D eigenvalue weighted by Gasteiger charge is 2.27. The van der Waals surface area contributed by atoms with E-state index in [9.17, 15) is 14.4 Å². The Morgan fingerprint density at radius 3 is 2.42 bits per heavy atom. The summed E-state index contributed by atoms with van der Waals surface area (Å²) in [7, 11) is 5.81. The number of nitrogens with zero attached hydrogens (tertiary/aromatic N) is 3. The van der Waals surface area contributed by atoms with Gasteiger partial charge in [0.05, 0.1) is 23.6 Å². The van der Waals surface area contributed by atoms with Crippen LogP contribution in [0.25, 0.3) is 5.69 Å². The van der Waals surface area contributed by atoms with E-state index >= 15 is 0 Å². The Balaban J connectivity index is 1.79. The Bertz CT molecular complexity index is 1390. The molecule has 2 aromatic carbocycles. The van der Waals surface area contributed by atoms with Gasteiger partial charge in [-0.1, -0.05) is 43.6 Å². The average Bonchev–Trinajstić information content (AvgIpc) is 3.12. The number of hydrogen-bond donors (Lipinski definition) is 1. The number of likely N-dealkylation sites (N-methyl/N-ethyl adjacent to an activating group) is 1.